The van der Waals surface area contributed by atoms with Crippen molar-refractivity contribution >= 4 is 17.5 Å². The topological polar surface area (TPSA) is 58.3 Å². The van der Waals surface area contributed by atoms with Crippen LogP contribution in [-0.4, -0.2) is 70.1 Å². The fraction of sp³-hybridized carbons (Fsp3) is 0.529. The molecular weight excluding hydrogens is 292 g/mol. The summed E-state index contributed by atoms with van der Waals surface area (Å²) in [5.41, 5.74) is 1.90. The maximum atomic E-state index is 12.2. The Kier molecular flexibility index (Phi) is 6.12. The van der Waals surface area contributed by atoms with Gasteiger partial charge in [0.1, 0.15) is 26.2 Å². The molecule has 3 N–H and O–H groups in total. The van der Waals surface area contributed by atoms with Gasteiger partial charge in [0.25, 0.3) is 5.91 Å². The Balaban J connectivity index is 1.76. The van der Waals surface area contributed by atoms with E-state index in [1.165, 1.54) is 14.7 Å². The number of piperazine rings is 1. The molecule has 1 aromatic rings. The number of nitrogens with zero attached hydrogens (tertiary/aromatic N) is 1. The van der Waals surface area contributed by atoms with E-state index >= 15 is 0 Å². The molecule has 1 aliphatic heterocycles. The quantitative estimate of drug-likeness (QED) is 0.577. The molecule has 1 aromatic carbocycles. The van der Waals surface area contributed by atoms with E-state index in [4.69, 9.17) is 0 Å². The average molecular weight is 320 g/mol. The first-order valence-corrected chi connectivity index (χ1v) is 8.19. The summed E-state index contributed by atoms with van der Waals surface area (Å²) in [7, 11) is 3.87. The van der Waals surface area contributed by atoms with Gasteiger partial charge in [0.05, 0.1) is 13.6 Å². The SMILES string of the molecule is Cc1ccc(NC(=O)CN(C)C(=O)C[NH+]2CC[NH+](C)CC2)cc1. The van der Waals surface area contributed by atoms with Crippen molar-refractivity contribution in [1.29, 1.82) is 0 Å². The van der Waals surface area contributed by atoms with E-state index in [9.17, 15) is 9.59 Å². The number of benzene rings is 1. The van der Waals surface area contributed by atoms with Crippen LogP contribution in [0, 0.1) is 6.92 Å². The van der Waals surface area contributed by atoms with E-state index in [2.05, 4.69) is 12.4 Å². The molecule has 0 atom stereocenters. The summed E-state index contributed by atoms with van der Waals surface area (Å²) in [6, 6.07) is 7.63. The van der Waals surface area contributed by atoms with Crippen LogP contribution in [0.2, 0.25) is 0 Å². The van der Waals surface area contributed by atoms with Crippen molar-refractivity contribution in [2.75, 3.05) is 58.7 Å². The van der Waals surface area contributed by atoms with Crippen molar-refractivity contribution in [1.82, 2.24) is 4.90 Å². The van der Waals surface area contributed by atoms with Crippen molar-refractivity contribution in [2.45, 2.75) is 6.92 Å². The highest BCUT2D eigenvalue weighted by Crippen LogP contribution is 2.08. The monoisotopic (exact) mass is 320 g/mol. The number of aryl methyl sites for hydroxylation is 1. The second-order valence-corrected chi connectivity index (χ2v) is 6.55. The maximum Gasteiger partial charge on any atom is 0.277 e. The van der Waals surface area contributed by atoms with E-state index in [1.54, 1.807) is 7.05 Å². The molecule has 2 rings (SSSR count). The van der Waals surface area contributed by atoms with E-state index in [0.29, 0.717) is 6.54 Å². The van der Waals surface area contributed by atoms with Gasteiger partial charge < -0.3 is 20.0 Å². The first-order chi connectivity index (χ1) is 10.9. The second kappa shape index (κ2) is 8.08. The average Bonchev–Trinajstić information content (AvgIpc) is 2.51. The molecule has 0 unspecified atom stereocenters. The molecule has 1 aliphatic rings. The molecule has 0 bridgehead atoms. The Hall–Kier alpha value is -1.92. The minimum atomic E-state index is -0.164. The molecule has 0 aliphatic carbocycles. The summed E-state index contributed by atoms with van der Waals surface area (Å²) in [6.07, 6.45) is 0. The van der Waals surface area contributed by atoms with Crippen LogP contribution in [-0.2, 0) is 9.59 Å². The number of amides is 2. The number of hydrogen-bond acceptors (Lipinski definition) is 2. The number of likely N-dealkylation sites (N-methyl/N-ethyl adjacent to an activating group) is 2. The van der Waals surface area contributed by atoms with Crippen molar-refractivity contribution in [3.63, 3.8) is 0 Å². The molecule has 23 heavy (non-hydrogen) atoms. The lowest BCUT2D eigenvalue weighted by Crippen LogP contribution is -3.27. The summed E-state index contributed by atoms with van der Waals surface area (Å²) in [4.78, 5) is 28.6. The van der Waals surface area contributed by atoms with Crippen LogP contribution in [0.4, 0.5) is 5.69 Å². The van der Waals surface area contributed by atoms with Gasteiger partial charge in [-0.2, -0.15) is 0 Å². The van der Waals surface area contributed by atoms with Gasteiger partial charge >= 0.3 is 0 Å². The van der Waals surface area contributed by atoms with Gasteiger partial charge in [0.15, 0.2) is 6.54 Å². The number of rotatable bonds is 5. The van der Waals surface area contributed by atoms with Crippen molar-refractivity contribution < 1.29 is 19.4 Å². The Labute approximate surface area is 138 Å². The summed E-state index contributed by atoms with van der Waals surface area (Å²) in [5, 5.41) is 2.82. The van der Waals surface area contributed by atoms with Crippen molar-refractivity contribution in [2.24, 2.45) is 0 Å². The molecule has 2 amide bonds. The standard InChI is InChI=1S/C17H26N4O2/c1-14-4-6-15(7-5-14)18-16(22)12-20(3)17(23)13-21-10-8-19(2)9-11-21/h4-7H,8-13H2,1-3H3,(H,18,22)/p+2. The van der Waals surface area contributed by atoms with Crippen LogP contribution in [0.5, 0.6) is 0 Å². The molecule has 1 saturated heterocycles. The summed E-state index contributed by atoms with van der Waals surface area (Å²) in [6.45, 7) is 6.79. The molecule has 0 radical (unpaired) electrons. The Morgan fingerprint density at radius 2 is 1.74 bits per heavy atom. The molecular formula is C17H28N4O2+2. The van der Waals surface area contributed by atoms with E-state index in [-0.39, 0.29) is 18.4 Å². The number of hydrogen-bond donors (Lipinski definition) is 3. The molecule has 0 spiro atoms. The smallest absolute Gasteiger partial charge is 0.277 e. The Morgan fingerprint density at radius 1 is 1.13 bits per heavy atom. The zero-order chi connectivity index (χ0) is 16.8. The lowest BCUT2D eigenvalue weighted by Gasteiger charge is -2.28. The summed E-state index contributed by atoms with van der Waals surface area (Å²) in [5.74, 6) is -0.138. The zero-order valence-electron chi connectivity index (χ0n) is 14.3. The number of carbonyl (C=O) groups excluding carboxylic acids is 2. The third-order valence-corrected chi connectivity index (χ3v) is 4.35. The first-order valence-electron chi connectivity index (χ1n) is 8.19. The van der Waals surface area contributed by atoms with E-state index < -0.39 is 0 Å². The van der Waals surface area contributed by atoms with E-state index in [0.717, 1.165) is 37.4 Å². The number of anilines is 1. The van der Waals surface area contributed by atoms with Gasteiger partial charge in [-0.05, 0) is 19.1 Å². The molecule has 0 saturated carbocycles. The highest BCUT2D eigenvalue weighted by Gasteiger charge is 2.24. The van der Waals surface area contributed by atoms with Crippen LogP contribution in [0.1, 0.15) is 5.56 Å². The highest BCUT2D eigenvalue weighted by molar-refractivity contribution is 5.94. The number of nitrogens with one attached hydrogen (secondary N) is 3. The Bertz CT molecular complexity index is 536. The number of quaternary nitrogens is 2. The zero-order valence-corrected chi connectivity index (χ0v) is 14.3. The molecule has 1 fully saturated rings. The first kappa shape index (κ1) is 17.4. The predicted octanol–water partition coefficient (Wildman–Crippen LogP) is -2.19. The van der Waals surface area contributed by atoms with Gasteiger partial charge in [-0.25, -0.2) is 0 Å². The van der Waals surface area contributed by atoms with Crippen LogP contribution in [0.25, 0.3) is 0 Å². The van der Waals surface area contributed by atoms with Crippen LogP contribution in [0.15, 0.2) is 24.3 Å². The molecule has 6 heteroatoms. The van der Waals surface area contributed by atoms with Crippen LogP contribution in [0.3, 0.4) is 0 Å². The minimum absolute atomic E-state index is 0.0265. The molecule has 126 valence electrons. The Morgan fingerprint density at radius 3 is 2.35 bits per heavy atom. The van der Waals surface area contributed by atoms with Crippen molar-refractivity contribution in [3.05, 3.63) is 29.8 Å². The normalized spacial score (nSPS) is 20.8. The van der Waals surface area contributed by atoms with Gasteiger partial charge in [0, 0.05) is 12.7 Å². The van der Waals surface area contributed by atoms with Gasteiger partial charge in [-0.1, -0.05) is 17.7 Å². The van der Waals surface area contributed by atoms with Crippen LogP contribution >= 0.6 is 0 Å². The van der Waals surface area contributed by atoms with Gasteiger partial charge in [-0.15, -0.1) is 0 Å². The predicted molar refractivity (Wildman–Crippen MR) is 89.6 cm³/mol. The fourth-order valence-corrected chi connectivity index (χ4v) is 2.70. The van der Waals surface area contributed by atoms with E-state index in [1.807, 2.05) is 31.2 Å². The third kappa shape index (κ3) is 5.65. The third-order valence-electron chi connectivity index (χ3n) is 4.35. The summed E-state index contributed by atoms with van der Waals surface area (Å²) < 4.78 is 0. The fourth-order valence-electron chi connectivity index (χ4n) is 2.70. The summed E-state index contributed by atoms with van der Waals surface area (Å²) >= 11 is 0. The lowest BCUT2D eigenvalue weighted by atomic mass is 10.2. The molecule has 1 heterocycles. The van der Waals surface area contributed by atoms with Gasteiger partial charge in [-0.3, -0.25) is 9.59 Å². The second-order valence-electron chi connectivity index (χ2n) is 6.55. The minimum Gasteiger partial charge on any atom is -0.332 e. The van der Waals surface area contributed by atoms with Crippen molar-refractivity contribution in [3.8, 4) is 0 Å². The lowest BCUT2D eigenvalue weighted by molar-refractivity contribution is -1.000. The highest BCUT2D eigenvalue weighted by atomic mass is 16.2. The molecule has 6 nitrogen and oxygen atoms in total. The van der Waals surface area contributed by atoms with Gasteiger partial charge in [0.2, 0.25) is 5.91 Å². The van der Waals surface area contributed by atoms with Crippen LogP contribution < -0.4 is 15.1 Å². The maximum absolute atomic E-state index is 12.2. The largest absolute Gasteiger partial charge is 0.332 e. The molecule has 0 aromatic heterocycles. The number of carbonyl (C=O) groups is 2.